The van der Waals surface area contributed by atoms with Crippen molar-refractivity contribution in [2.24, 2.45) is 11.3 Å². The number of carbonyl (C=O) groups excluding carboxylic acids is 1. The van der Waals surface area contributed by atoms with Gasteiger partial charge in [-0.25, -0.2) is 0 Å². The maximum Gasteiger partial charge on any atom is 0.158 e. The van der Waals surface area contributed by atoms with Gasteiger partial charge in [-0.05, 0) is 12.8 Å². The van der Waals surface area contributed by atoms with Crippen LogP contribution in [-0.4, -0.2) is 5.78 Å². The molecule has 1 atom stereocenters. The highest BCUT2D eigenvalue weighted by Crippen LogP contribution is 2.57. The highest BCUT2D eigenvalue weighted by molar-refractivity contribution is 6.06. The molecule has 1 unspecified atom stereocenters. The van der Waals surface area contributed by atoms with E-state index in [0.717, 1.165) is 25.7 Å². The summed E-state index contributed by atoms with van der Waals surface area (Å²) in [6.45, 7) is 0. The van der Waals surface area contributed by atoms with Gasteiger partial charge >= 0.3 is 0 Å². The average Bonchev–Trinajstić information content (AvgIpc) is 2.57. The van der Waals surface area contributed by atoms with Gasteiger partial charge in [-0.3, -0.25) is 4.79 Å². The summed E-state index contributed by atoms with van der Waals surface area (Å²) in [5, 5.41) is 8.62. The molecule has 1 spiro atoms. The molecule has 11 heavy (non-hydrogen) atoms. The van der Waals surface area contributed by atoms with Gasteiger partial charge < -0.3 is 0 Å². The first-order valence-corrected chi connectivity index (χ1v) is 4.25. The van der Waals surface area contributed by atoms with Crippen LogP contribution in [0.25, 0.3) is 0 Å². The summed E-state index contributed by atoms with van der Waals surface area (Å²) >= 11 is 0. The van der Waals surface area contributed by atoms with Gasteiger partial charge in [0.25, 0.3) is 0 Å². The Bertz CT molecular complexity index is 232. The lowest BCUT2D eigenvalue weighted by Gasteiger charge is -2.18. The minimum Gasteiger partial charge on any atom is -0.297 e. The van der Waals surface area contributed by atoms with Gasteiger partial charge in [0, 0.05) is 0 Å². The molecule has 2 rings (SSSR count). The van der Waals surface area contributed by atoms with E-state index < -0.39 is 0 Å². The van der Waals surface area contributed by atoms with E-state index >= 15 is 0 Å². The Morgan fingerprint density at radius 3 is 2.45 bits per heavy atom. The van der Waals surface area contributed by atoms with Crippen molar-refractivity contribution >= 4 is 5.78 Å². The SMILES string of the molecule is N#CC1C(=O)C12CCCCC2. The molecule has 0 bridgehead atoms. The Kier molecular flexibility index (Phi) is 1.29. The number of carbonyl (C=O) groups is 1. The van der Waals surface area contributed by atoms with Gasteiger partial charge in [-0.15, -0.1) is 0 Å². The molecule has 0 heterocycles. The summed E-state index contributed by atoms with van der Waals surface area (Å²) in [5.74, 6) is -0.0116. The largest absolute Gasteiger partial charge is 0.297 e. The molecule has 2 aliphatic carbocycles. The predicted molar refractivity (Wildman–Crippen MR) is 39.6 cm³/mol. The topological polar surface area (TPSA) is 40.9 Å². The zero-order valence-corrected chi connectivity index (χ0v) is 6.47. The van der Waals surface area contributed by atoms with Crippen LogP contribution in [0, 0.1) is 22.7 Å². The van der Waals surface area contributed by atoms with Gasteiger partial charge in [0.15, 0.2) is 5.78 Å². The van der Waals surface area contributed by atoms with Crippen LogP contribution in [0.4, 0.5) is 0 Å². The molecule has 0 aromatic heterocycles. The Balaban J connectivity index is 2.14. The summed E-state index contributed by atoms with van der Waals surface area (Å²) in [6, 6.07) is 2.10. The fraction of sp³-hybridized carbons (Fsp3) is 0.778. The van der Waals surface area contributed by atoms with Crippen LogP contribution >= 0.6 is 0 Å². The number of hydrogen-bond donors (Lipinski definition) is 0. The van der Waals surface area contributed by atoms with Gasteiger partial charge in [0.1, 0.15) is 5.92 Å². The van der Waals surface area contributed by atoms with Crippen LogP contribution in [0.3, 0.4) is 0 Å². The molecule has 2 fully saturated rings. The second-order valence-electron chi connectivity index (χ2n) is 3.64. The number of ketones is 1. The van der Waals surface area contributed by atoms with Crippen LogP contribution in [0.2, 0.25) is 0 Å². The molecule has 0 aromatic rings. The predicted octanol–water partition coefficient (Wildman–Crippen LogP) is 1.66. The maximum absolute atomic E-state index is 11.2. The first-order valence-electron chi connectivity index (χ1n) is 4.25. The number of hydrogen-bond acceptors (Lipinski definition) is 2. The molecule has 2 heteroatoms. The maximum atomic E-state index is 11.2. The van der Waals surface area contributed by atoms with Gasteiger partial charge in [0.2, 0.25) is 0 Å². The standard InChI is InChI=1S/C9H11NO/c10-6-7-8(11)9(7)4-2-1-3-5-9/h7H,1-5H2. The number of nitrogens with zero attached hydrogens (tertiary/aromatic N) is 1. The summed E-state index contributed by atoms with van der Waals surface area (Å²) < 4.78 is 0. The minimum atomic E-state index is -0.234. The lowest BCUT2D eigenvalue weighted by Crippen LogP contribution is -2.10. The molecule has 0 radical (unpaired) electrons. The Hall–Kier alpha value is -0.840. The summed E-state index contributed by atoms with van der Waals surface area (Å²) in [5.41, 5.74) is -0.146. The summed E-state index contributed by atoms with van der Waals surface area (Å²) in [6.07, 6.45) is 5.48. The summed E-state index contributed by atoms with van der Waals surface area (Å²) in [4.78, 5) is 11.2. The lowest BCUT2D eigenvalue weighted by atomic mass is 9.84. The smallest absolute Gasteiger partial charge is 0.158 e. The molecule has 0 aromatic carbocycles. The fourth-order valence-corrected chi connectivity index (χ4v) is 2.29. The molecule has 2 nitrogen and oxygen atoms in total. The highest BCUT2D eigenvalue weighted by Gasteiger charge is 2.64. The Morgan fingerprint density at radius 2 is 2.00 bits per heavy atom. The van der Waals surface area contributed by atoms with Crippen molar-refractivity contribution in [1.29, 1.82) is 5.26 Å². The molecule has 58 valence electrons. The van der Waals surface area contributed by atoms with Gasteiger partial charge in [0.05, 0.1) is 11.5 Å². The van der Waals surface area contributed by atoms with E-state index in [0.29, 0.717) is 0 Å². The van der Waals surface area contributed by atoms with Crippen molar-refractivity contribution in [3.05, 3.63) is 0 Å². The van der Waals surface area contributed by atoms with E-state index in [-0.39, 0.29) is 17.1 Å². The van der Waals surface area contributed by atoms with Crippen LogP contribution < -0.4 is 0 Å². The van der Waals surface area contributed by atoms with Crippen LogP contribution in [0.1, 0.15) is 32.1 Å². The van der Waals surface area contributed by atoms with Crippen molar-refractivity contribution in [2.45, 2.75) is 32.1 Å². The van der Waals surface area contributed by atoms with E-state index in [1.165, 1.54) is 6.42 Å². The van der Waals surface area contributed by atoms with E-state index in [2.05, 4.69) is 6.07 Å². The first-order chi connectivity index (χ1) is 5.31. The van der Waals surface area contributed by atoms with Gasteiger partial charge in [-0.1, -0.05) is 19.3 Å². The minimum absolute atomic E-state index is 0.146. The number of nitriles is 1. The molecule has 2 aliphatic rings. The quantitative estimate of drug-likeness (QED) is 0.525. The molecular weight excluding hydrogens is 138 g/mol. The first kappa shape index (κ1) is 6.84. The zero-order valence-electron chi connectivity index (χ0n) is 6.47. The monoisotopic (exact) mass is 149 g/mol. The number of Topliss-reactive ketones (excluding diaryl/α,β-unsaturated/α-hetero) is 1. The zero-order chi connectivity index (χ0) is 7.90. The second-order valence-corrected chi connectivity index (χ2v) is 3.64. The van der Waals surface area contributed by atoms with Crippen LogP contribution in [0.5, 0.6) is 0 Å². The molecular formula is C9H11NO. The van der Waals surface area contributed by atoms with E-state index in [4.69, 9.17) is 5.26 Å². The molecule has 2 saturated carbocycles. The second kappa shape index (κ2) is 2.07. The fourth-order valence-electron chi connectivity index (χ4n) is 2.29. The van der Waals surface area contributed by atoms with Crippen molar-refractivity contribution < 1.29 is 4.79 Å². The third-order valence-electron chi connectivity index (χ3n) is 3.10. The number of rotatable bonds is 0. The van der Waals surface area contributed by atoms with Crippen LogP contribution in [-0.2, 0) is 4.79 Å². The molecule has 0 N–H and O–H groups in total. The van der Waals surface area contributed by atoms with Gasteiger partial charge in [-0.2, -0.15) is 5.26 Å². The Labute approximate surface area is 66.2 Å². The van der Waals surface area contributed by atoms with E-state index in [9.17, 15) is 4.79 Å². The van der Waals surface area contributed by atoms with E-state index in [1.807, 2.05) is 0 Å². The molecule has 0 saturated heterocycles. The lowest BCUT2D eigenvalue weighted by molar-refractivity contribution is -0.113. The molecule has 0 amide bonds. The molecule has 0 aliphatic heterocycles. The highest BCUT2D eigenvalue weighted by atomic mass is 16.1. The summed E-state index contributed by atoms with van der Waals surface area (Å²) in [7, 11) is 0. The van der Waals surface area contributed by atoms with E-state index in [1.54, 1.807) is 0 Å². The van der Waals surface area contributed by atoms with Crippen molar-refractivity contribution in [3.8, 4) is 6.07 Å². The third kappa shape index (κ3) is 0.742. The Morgan fingerprint density at radius 1 is 1.36 bits per heavy atom. The van der Waals surface area contributed by atoms with Crippen molar-refractivity contribution in [2.75, 3.05) is 0 Å². The normalized spacial score (nSPS) is 33.4. The van der Waals surface area contributed by atoms with Crippen molar-refractivity contribution in [3.63, 3.8) is 0 Å². The third-order valence-corrected chi connectivity index (χ3v) is 3.10. The van der Waals surface area contributed by atoms with Crippen molar-refractivity contribution in [1.82, 2.24) is 0 Å². The average molecular weight is 149 g/mol. The van der Waals surface area contributed by atoms with Crippen LogP contribution in [0.15, 0.2) is 0 Å².